The smallest absolute Gasteiger partial charge is 0.259 e. The highest BCUT2D eigenvalue weighted by Crippen LogP contribution is 2.19. The van der Waals surface area contributed by atoms with Gasteiger partial charge in [0.1, 0.15) is 0 Å². The molecule has 0 radical (unpaired) electrons. The number of amides is 1. The third-order valence-electron chi connectivity index (χ3n) is 3.14. The fourth-order valence-electron chi connectivity index (χ4n) is 1.97. The summed E-state index contributed by atoms with van der Waals surface area (Å²) in [7, 11) is 0. The van der Waals surface area contributed by atoms with E-state index in [1.54, 1.807) is 0 Å². The second-order valence-electron chi connectivity index (χ2n) is 5.92. The summed E-state index contributed by atoms with van der Waals surface area (Å²) in [6.45, 7) is 8.22. The lowest BCUT2D eigenvalue weighted by Crippen LogP contribution is -2.22. The molecule has 5 heteroatoms. The minimum atomic E-state index is -0.134. The highest BCUT2D eigenvalue weighted by Gasteiger charge is 2.21. The number of carbonyl (C=O) groups excluding carboxylic acids is 1. The van der Waals surface area contributed by atoms with E-state index in [1.807, 2.05) is 42.1 Å². The summed E-state index contributed by atoms with van der Waals surface area (Å²) >= 11 is 2.23. The standard InChI is InChI=1S/C16H20IN3O/c1-5-14-13(10-20(19-14)16(2,3)4)15(21)18-12-8-6-7-11(17)9-12/h6-10H,5H2,1-4H3,(H,18,21). The van der Waals surface area contributed by atoms with E-state index in [2.05, 4.69) is 53.8 Å². The number of halogens is 1. The second-order valence-corrected chi connectivity index (χ2v) is 7.17. The lowest BCUT2D eigenvalue weighted by Gasteiger charge is -2.18. The number of anilines is 1. The van der Waals surface area contributed by atoms with Gasteiger partial charge in [0, 0.05) is 15.5 Å². The fourth-order valence-corrected chi connectivity index (χ4v) is 2.51. The van der Waals surface area contributed by atoms with Gasteiger partial charge < -0.3 is 5.32 Å². The summed E-state index contributed by atoms with van der Waals surface area (Å²) in [5.41, 5.74) is 2.14. The summed E-state index contributed by atoms with van der Waals surface area (Å²) < 4.78 is 2.95. The summed E-state index contributed by atoms with van der Waals surface area (Å²) in [6.07, 6.45) is 2.57. The number of hydrogen-bond acceptors (Lipinski definition) is 2. The van der Waals surface area contributed by atoms with Crippen molar-refractivity contribution < 1.29 is 4.79 Å². The molecule has 0 aliphatic carbocycles. The van der Waals surface area contributed by atoms with Gasteiger partial charge in [-0.2, -0.15) is 5.10 Å². The molecule has 2 rings (SSSR count). The molecule has 21 heavy (non-hydrogen) atoms. The van der Waals surface area contributed by atoms with Crippen LogP contribution < -0.4 is 5.32 Å². The van der Waals surface area contributed by atoms with E-state index < -0.39 is 0 Å². The first-order valence-electron chi connectivity index (χ1n) is 6.97. The molecule has 0 unspecified atom stereocenters. The minimum Gasteiger partial charge on any atom is -0.322 e. The SMILES string of the molecule is CCc1nn(C(C)(C)C)cc1C(=O)Nc1cccc(I)c1. The topological polar surface area (TPSA) is 46.9 Å². The molecule has 0 fully saturated rings. The van der Waals surface area contributed by atoms with Crippen molar-refractivity contribution >= 4 is 34.2 Å². The molecular formula is C16H20IN3O. The summed E-state index contributed by atoms with van der Waals surface area (Å²) in [5, 5.41) is 7.48. The van der Waals surface area contributed by atoms with Crippen molar-refractivity contribution in [2.75, 3.05) is 5.32 Å². The van der Waals surface area contributed by atoms with Crippen molar-refractivity contribution in [2.24, 2.45) is 0 Å². The van der Waals surface area contributed by atoms with Crippen molar-refractivity contribution in [3.8, 4) is 0 Å². The van der Waals surface area contributed by atoms with E-state index in [-0.39, 0.29) is 11.4 Å². The number of aromatic nitrogens is 2. The van der Waals surface area contributed by atoms with Gasteiger partial charge >= 0.3 is 0 Å². The Hall–Kier alpha value is -1.37. The summed E-state index contributed by atoms with van der Waals surface area (Å²) in [5.74, 6) is -0.107. The van der Waals surface area contributed by atoms with Crippen LogP contribution in [-0.2, 0) is 12.0 Å². The zero-order valence-corrected chi connectivity index (χ0v) is 14.9. The number of benzene rings is 1. The van der Waals surface area contributed by atoms with Crippen molar-refractivity contribution in [3.05, 3.63) is 45.3 Å². The van der Waals surface area contributed by atoms with E-state index in [4.69, 9.17) is 0 Å². The molecule has 1 aromatic carbocycles. The van der Waals surface area contributed by atoms with E-state index in [9.17, 15) is 4.79 Å². The Morgan fingerprint density at radius 2 is 2.10 bits per heavy atom. The Kier molecular flexibility index (Phi) is 4.70. The van der Waals surface area contributed by atoms with Crippen LogP contribution in [0.5, 0.6) is 0 Å². The molecule has 1 heterocycles. The van der Waals surface area contributed by atoms with Crippen molar-refractivity contribution in [1.29, 1.82) is 0 Å². The lowest BCUT2D eigenvalue weighted by atomic mass is 10.1. The van der Waals surface area contributed by atoms with Crippen molar-refractivity contribution in [1.82, 2.24) is 9.78 Å². The Morgan fingerprint density at radius 3 is 2.67 bits per heavy atom. The van der Waals surface area contributed by atoms with Gasteiger partial charge in [-0.15, -0.1) is 0 Å². The number of hydrogen-bond donors (Lipinski definition) is 1. The normalized spacial score (nSPS) is 11.5. The van der Waals surface area contributed by atoms with E-state index in [1.165, 1.54) is 0 Å². The molecule has 0 saturated heterocycles. The molecule has 0 saturated carbocycles. The van der Waals surface area contributed by atoms with Crippen LogP contribution in [0.2, 0.25) is 0 Å². The van der Waals surface area contributed by atoms with Gasteiger partial charge in [-0.05, 0) is 68.0 Å². The molecule has 0 atom stereocenters. The maximum absolute atomic E-state index is 12.5. The van der Waals surface area contributed by atoms with Crippen LogP contribution in [0.1, 0.15) is 43.7 Å². The third-order valence-corrected chi connectivity index (χ3v) is 3.81. The molecule has 0 aliphatic rings. The summed E-state index contributed by atoms with van der Waals surface area (Å²) in [4.78, 5) is 12.5. The number of nitrogens with zero attached hydrogens (tertiary/aromatic N) is 2. The van der Waals surface area contributed by atoms with Crippen LogP contribution in [0.3, 0.4) is 0 Å². The Morgan fingerprint density at radius 1 is 1.38 bits per heavy atom. The Labute approximate surface area is 139 Å². The molecule has 0 aliphatic heterocycles. The van der Waals surface area contributed by atoms with Crippen LogP contribution >= 0.6 is 22.6 Å². The van der Waals surface area contributed by atoms with Gasteiger partial charge in [0.2, 0.25) is 0 Å². The minimum absolute atomic E-state index is 0.107. The third kappa shape index (κ3) is 3.84. The van der Waals surface area contributed by atoms with E-state index in [0.717, 1.165) is 21.4 Å². The second kappa shape index (κ2) is 6.17. The van der Waals surface area contributed by atoms with Gasteiger partial charge in [0.15, 0.2) is 0 Å². The monoisotopic (exact) mass is 397 g/mol. The molecule has 4 nitrogen and oxygen atoms in total. The molecule has 1 aromatic heterocycles. The van der Waals surface area contributed by atoms with Crippen LogP contribution in [0.15, 0.2) is 30.5 Å². The van der Waals surface area contributed by atoms with Gasteiger partial charge in [-0.3, -0.25) is 9.48 Å². The molecule has 2 aromatic rings. The van der Waals surface area contributed by atoms with Gasteiger partial charge in [0.05, 0.1) is 16.8 Å². The molecular weight excluding hydrogens is 377 g/mol. The zero-order valence-electron chi connectivity index (χ0n) is 12.8. The van der Waals surface area contributed by atoms with Gasteiger partial charge in [-0.1, -0.05) is 13.0 Å². The summed E-state index contributed by atoms with van der Waals surface area (Å²) in [6, 6.07) is 7.75. The average Bonchev–Trinajstić information content (AvgIpc) is 2.82. The molecule has 0 spiro atoms. The first-order valence-corrected chi connectivity index (χ1v) is 8.05. The van der Waals surface area contributed by atoms with Crippen LogP contribution in [0.4, 0.5) is 5.69 Å². The average molecular weight is 397 g/mol. The Bertz CT molecular complexity index is 656. The number of carbonyl (C=O) groups is 1. The number of nitrogens with one attached hydrogen (secondary N) is 1. The predicted molar refractivity (Wildman–Crippen MR) is 93.7 cm³/mol. The number of aryl methyl sites for hydroxylation is 1. The van der Waals surface area contributed by atoms with Crippen LogP contribution in [-0.4, -0.2) is 15.7 Å². The fraction of sp³-hybridized carbons (Fsp3) is 0.375. The van der Waals surface area contributed by atoms with Gasteiger partial charge in [-0.25, -0.2) is 0 Å². The molecule has 1 amide bonds. The quantitative estimate of drug-likeness (QED) is 0.795. The van der Waals surface area contributed by atoms with Crippen molar-refractivity contribution in [2.45, 2.75) is 39.7 Å². The Balaban J connectivity index is 2.28. The zero-order chi connectivity index (χ0) is 15.6. The molecule has 0 bridgehead atoms. The predicted octanol–water partition coefficient (Wildman–Crippen LogP) is 4.06. The lowest BCUT2D eigenvalue weighted by molar-refractivity contribution is 0.102. The maximum atomic E-state index is 12.5. The first-order chi connectivity index (χ1) is 9.81. The van der Waals surface area contributed by atoms with Crippen LogP contribution in [0.25, 0.3) is 0 Å². The van der Waals surface area contributed by atoms with Gasteiger partial charge in [0.25, 0.3) is 5.91 Å². The molecule has 112 valence electrons. The highest BCUT2D eigenvalue weighted by atomic mass is 127. The molecule has 1 N–H and O–H groups in total. The largest absolute Gasteiger partial charge is 0.322 e. The number of rotatable bonds is 3. The van der Waals surface area contributed by atoms with E-state index in [0.29, 0.717) is 5.56 Å². The maximum Gasteiger partial charge on any atom is 0.259 e. The highest BCUT2D eigenvalue weighted by molar-refractivity contribution is 14.1. The van der Waals surface area contributed by atoms with Crippen molar-refractivity contribution in [3.63, 3.8) is 0 Å². The van der Waals surface area contributed by atoms with Crippen LogP contribution in [0, 0.1) is 3.57 Å². The first kappa shape index (κ1) is 16.0. The van der Waals surface area contributed by atoms with E-state index >= 15 is 0 Å².